The van der Waals surface area contributed by atoms with Crippen molar-refractivity contribution < 1.29 is 24.4 Å². The zero-order valence-corrected chi connectivity index (χ0v) is 13.4. The second-order valence-corrected chi connectivity index (χ2v) is 5.68. The lowest BCUT2D eigenvalue weighted by Gasteiger charge is -2.25. The highest BCUT2D eigenvalue weighted by molar-refractivity contribution is 6.40. The Morgan fingerprint density at radius 2 is 2.05 bits per heavy atom. The molecule has 0 aromatic carbocycles. The second-order valence-electron chi connectivity index (χ2n) is 5.68. The van der Waals surface area contributed by atoms with E-state index >= 15 is 0 Å². The van der Waals surface area contributed by atoms with Crippen LogP contribution < -0.4 is 5.73 Å². The molecule has 4 N–H and O–H groups in total. The van der Waals surface area contributed by atoms with Gasteiger partial charge in [-0.15, -0.1) is 0 Å². The minimum absolute atomic E-state index is 0.222. The summed E-state index contributed by atoms with van der Waals surface area (Å²) < 4.78 is 5.24. The molecule has 2 atom stereocenters. The lowest BCUT2D eigenvalue weighted by molar-refractivity contribution is -0.191. The van der Waals surface area contributed by atoms with Crippen LogP contribution in [0.5, 0.6) is 0 Å². The van der Waals surface area contributed by atoms with Crippen LogP contribution in [0.25, 0.3) is 0 Å². The van der Waals surface area contributed by atoms with Gasteiger partial charge in [0, 0.05) is 19.2 Å². The minimum Gasteiger partial charge on any atom is -0.427 e. The molecule has 0 saturated carbocycles. The van der Waals surface area contributed by atoms with Crippen molar-refractivity contribution >= 4 is 13.3 Å². The summed E-state index contributed by atoms with van der Waals surface area (Å²) in [5.74, 6) is 0. The van der Waals surface area contributed by atoms with Crippen LogP contribution in [0.4, 0.5) is 0 Å². The number of likely N-dealkylation sites (tertiary alicyclic amines) is 1. The SMILES string of the molecule is COC[C@@H]1CCCN1CCC(N)CCCCB(O)O.O=C=O. The van der Waals surface area contributed by atoms with Crippen LogP contribution in [0.15, 0.2) is 0 Å². The summed E-state index contributed by atoms with van der Waals surface area (Å²) in [6, 6.07) is 0.793. The Balaban J connectivity index is 0.00000135. The predicted octanol–water partition coefficient (Wildman–Crippen LogP) is -0.126. The van der Waals surface area contributed by atoms with Crippen molar-refractivity contribution in [2.24, 2.45) is 5.73 Å². The average Bonchev–Trinajstić information content (AvgIpc) is 2.90. The Hall–Kier alpha value is -0.755. The molecule has 1 aliphatic rings. The third-order valence-electron chi connectivity index (χ3n) is 3.93. The summed E-state index contributed by atoms with van der Waals surface area (Å²) in [7, 11) is 0.591. The molecule has 22 heavy (non-hydrogen) atoms. The highest BCUT2D eigenvalue weighted by atomic mass is 16.5. The van der Waals surface area contributed by atoms with E-state index in [0.29, 0.717) is 12.4 Å². The van der Waals surface area contributed by atoms with Crippen molar-refractivity contribution in [1.82, 2.24) is 4.90 Å². The zero-order chi connectivity index (χ0) is 16.8. The normalized spacial score (nSPS) is 19.2. The fourth-order valence-electron chi connectivity index (χ4n) is 2.78. The first kappa shape index (κ1) is 21.2. The van der Waals surface area contributed by atoms with E-state index in [0.717, 1.165) is 45.4 Å². The molecule has 0 spiro atoms. The maximum Gasteiger partial charge on any atom is 0.451 e. The van der Waals surface area contributed by atoms with Crippen LogP contribution in [0.3, 0.4) is 0 Å². The van der Waals surface area contributed by atoms with Crippen LogP contribution in [-0.2, 0) is 14.3 Å². The molecule has 0 radical (unpaired) electrons. The van der Waals surface area contributed by atoms with Crippen molar-refractivity contribution in [2.45, 2.75) is 56.9 Å². The zero-order valence-electron chi connectivity index (χ0n) is 13.4. The monoisotopic (exact) mass is 316 g/mol. The first-order chi connectivity index (χ1) is 10.5. The van der Waals surface area contributed by atoms with Gasteiger partial charge in [0.15, 0.2) is 0 Å². The van der Waals surface area contributed by atoms with Crippen LogP contribution in [0.1, 0.15) is 38.5 Å². The number of rotatable bonds is 10. The van der Waals surface area contributed by atoms with E-state index in [-0.39, 0.29) is 12.2 Å². The van der Waals surface area contributed by atoms with E-state index in [9.17, 15) is 0 Å². The number of unbranched alkanes of at least 4 members (excludes halogenated alkanes) is 1. The standard InChI is InChI=1S/C13H29BN2O3.CO2/c1-19-11-13-6-4-9-16(13)10-7-12(15)5-2-3-8-14(17)18;2-1-3/h12-13,17-18H,2-11,15H2,1H3;/t12?,13-;/m0./s1. The molecule has 1 unspecified atom stereocenters. The lowest BCUT2D eigenvalue weighted by atomic mass is 9.83. The first-order valence-corrected chi connectivity index (χ1v) is 7.89. The number of hydrogen-bond acceptors (Lipinski definition) is 7. The molecule has 0 amide bonds. The van der Waals surface area contributed by atoms with Crippen LogP contribution in [0, 0.1) is 0 Å². The van der Waals surface area contributed by atoms with Gasteiger partial charge in [0.05, 0.1) is 6.61 Å². The van der Waals surface area contributed by atoms with Gasteiger partial charge in [-0.05, 0) is 45.1 Å². The molecule has 0 aromatic heterocycles. The van der Waals surface area contributed by atoms with Gasteiger partial charge in [0.1, 0.15) is 0 Å². The number of methoxy groups -OCH3 is 1. The second kappa shape index (κ2) is 13.9. The highest BCUT2D eigenvalue weighted by Crippen LogP contribution is 2.18. The van der Waals surface area contributed by atoms with Gasteiger partial charge in [-0.3, -0.25) is 4.90 Å². The number of carbonyl (C=O) groups excluding carboxylic acids is 2. The van der Waals surface area contributed by atoms with Crippen LogP contribution >= 0.6 is 0 Å². The molecule has 128 valence electrons. The Morgan fingerprint density at radius 1 is 1.36 bits per heavy atom. The van der Waals surface area contributed by atoms with Gasteiger partial charge >= 0.3 is 13.3 Å². The maximum absolute atomic E-state index is 8.75. The van der Waals surface area contributed by atoms with Crippen molar-refractivity contribution in [1.29, 1.82) is 0 Å². The molecule has 1 rings (SSSR count). The van der Waals surface area contributed by atoms with Crippen molar-refractivity contribution in [3.8, 4) is 0 Å². The molecule has 8 heteroatoms. The van der Waals surface area contributed by atoms with Gasteiger partial charge in [0.25, 0.3) is 0 Å². The Morgan fingerprint density at radius 3 is 2.64 bits per heavy atom. The molecule has 1 aliphatic heterocycles. The van der Waals surface area contributed by atoms with E-state index in [2.05, 4.69) is 4.90 Å². The van der Waals surface area contributed by atoms with E-state index in [4.69, 9.17) is 30.1 Å². The van der Waals surface area contributed by atoms with Crippen molar-refractivity contribution in [3.63, 3.8) is 0 Å². The molecular formula is C14H29BN2O5. The Labute approximate surface area is 133 Å². The molecular weight excluding hydrogens is 287 g/mol. The van der Waals surface area contributed by atoms with Gasteiger partial charge < -0.3 is 20.5 Å². The first-order valence-electron chi connectivity index (χ1n) is 7.89. The molecule has 0 aromatic rings. The number of ether oxygens (including phenoxy) is 1. The fourth-order valence-corrected chi connectivity index (χ4v) is 2.78. The summed E-state index contributed by atoms with van der Waals surface area (Å²) in [5.41, 5.74) is 6.11. The summed E-state index contributed by atoms with van der Waals surface area (Å²) in [6.45, 7) is 3.04. The van der Waals surface area contributed by atoms with E-state index < -0.39 is 7.12 Å². The van der Waals surface area contributed by atoms with Crippen molar-refractivity contribution in [2.75, 3.05) is 26.8 Å². The predicted molar refractivity (Wildman–Crippen MR) is 82.9 cm³/mol. The van der Waals surface area contributed by atoms with E-state index in [1.807, 2.05) is 0 Å². The minimum atomic E-state index is -1.17. The molecule has 7 nitrogen and oxygen atoms in total. The Kier molecular flexibility index (Phi) is 13.4. The van der Waals surface area contributed by atoms with E-state index in [1.165, 1.54) is 12.8 Å². The smallest absolute Gasteiger partial charge is 0.427 e. The molecule has 1 saturated heterocycles. The summed E-state index contributed by atoms with van der Waals surface area (Å²) >= 11 is 0. The quantitative estimate of drug-likeness (QED) is 0.380. The van der Waals surface area contributed by atoms with E-state index in [1.54, 1.807) is 7.11 Å². The van der Waals surface area contributed by atoms with Crippen LogP contribution in [-0.4, -0.2) is 67.1 Å². The summed E-state index contributed by atoms with van der Waals surface area (Å²) in [4.78, 5) is 18.7. The summed E-state index contributed by atoms with van der Waals surface area (Å²) in [5, 5.41) is 17.5. The molecule has 0 bridgehead atoms. The third-order valence-corrected chi connectivity index (χ3v) is 3.93. The number of nitrogens with zero attached hydrogens (tertiary/aromatic N) is 1. The molecule has 1 heterocycles. The molecule has 0 aliphatic carbocycles. The van der Waals surface area contributed by atoms with Gasteiger partial charge in [0.2, 0.25) is 0 Å². The maximum atomic E-state index is 8.75. The van der Waals surface area contributed by atoms with Gasteiger partial charge in [-0.2, -0.15) is 9.59 Å². The average molecular weight is 316 g/mol. The number of hydrogen-bond donors (Lipinski definition) is 3. The number of nitrogens with two attached hydrogens (primary N) is 1. The third kappa shape index (κ3) is 10.9. The lowest BCUT2D eigenvalue weighted by Crippen LogP contribution is -2.36. The Bertz CT molecular complexity index is 301. The highest BCUT2D eigenvalue weighted by Gasteiger charge is 2.24. The largest absolute Gasteiger partial charge is 0.451 e. The topological polar surface area (TPSA) is 113 Å². The molecule has 1 fully saturated rings. The van der Waals surface area contributed by atoms with Gasteiger partial charge in [-0.1, -0.05) is 12.8 Å². The van der Waals surface area contributed by atoms with Crippen molar-refractivity contribution in [3.05, 3.63) is 0 Å². The summed E-state index contributed by atoms with van der Waals surface area (Å²) in [6.07, 6.45) is 6.99. The van der Waals surface area contributed by atoms with Crippen LogP contribution in [0.2, 0.25) is 6.32 Å². The van der Waals surface area contributed by atoms with Gasteiger partial charge in [-0.25, -0.2) is 0 Å². The fraction of sp³-hybridized carbons (Fsp3) is 0.929.